The summed E-state index contributed by atoms with van der Waals surface area (Å²) in [6.07, 6.45) is 2.99. The van der Waals surface area contributed by atoms with Crippen molar-refractivity contribution in [1.82, 2.24) is 10.3 Å². The summed E-state index contributed by atoms with van der Waals surface area (Å²) in [7, 11) is 1.44. The number of ether oxygens (including phenoxy) is 1. The molecule has 2 aromatic carbocycles. The van der Waals surface area contributed by atoms with Crippen molar-refractivity contribution in [3.63, 3.8) is 0 Å². The van der Waals surface area contributed by atoms with E-state index in [1.807, 2.05) is 45.9 Å². The predicted molar refractivity (Wildman–Crippen MR) is 145 cm³/mol. The number of aliphatic hydroxyl groups is 1. The van der Waals surface area contributed by atoms with Crippen molar-refractivity contribution in [3.05, 3.63) is 76.6 Å². The van der Waals surface area contributed by atoms with Gasteiger partial charge in [-0.2, -0.15) is 5.26 Å². The van der Waals surface area contributed by atoms with Crippen LogP contribution in [0.25, 0.3) is 11.1 Å². The first-order valence-electron chi connectivity index (χ1n) is 12.5. The van der Waals surface area contributed by atoms with Gasteiger partial charge in [0, 0.05) is 23.4 Å². The second-order valence-electron chi connectivity index (χ2n) is 10.8. The number of anilines is 1. The van der Waals surface area contributed by atoms with E-state index in [2.05, 4.69) is 21.7 Å². The molecule has 0 spiro atoms. The third kappa shape index (κ3) is 5.84. The number of pyridine rings is 1. The molecule has 3 N–H and O–H groups in total. The quantitative estimate of drug-likeness (QED) is 0.420. The van der Waals surface area contributed by atoms with E-state index in [9.17, 15) is 20.0 Å². The van der Waals surface area contributed by atoms with Gasteiger partial charge in [0.25, 0.3) is 11.8 Å². The summed E-state index contributed by atoms with van der Waals surface area (Å²) in [6, 6.07) is 14.5. The van der Waals surface area contributed by atoms with E-state index >= 15 is 0 Å². The Hall–Kier alpha value is -4.22. The van der Waals surface area contributed by atoms with E-state index in [4.69, 9.17) is 4.74 Å². The van der Waals surface area contributed by atoms with Crippen molar-refractivity contribution >= 4 is 17.5 Å². The van der Waals surface area contributed by atoms with Crippen LogP contribution in [-0.2, 0) is 5.41 Å². The standard InChI is InChI=1S/C30H32N4O4/c1-18-24(19-6-8-20(9-7-19)27(35)33-17-30(37)10-11-30)14-23(16-32-18)34-28(36)25-13-22(29(2,3)4)12-21(15-31)26(25)38-5/h6-9,12-14,16,37H,10-11,17H2,1-5H3,(H,33,35)(H,34,36). The summed E-state index contributed by atoms with van der Waals surface area (Å²) in [5.74, 6) is -0.428. The summed E-state index contributed by atoms with van der Waals surface area (Å²) in [5, 5.41) is 25.2. The molecule has 1 heterocycles. The molecule has 0 radical (unpaired) electrons. The van der Waals surface area contributed by atoms with Crippen LogP contribution in [0.1, 0.15) is 71.1 Å². The smallest absolute Gasteiger partial charge is 0.259 e. The van der Waals surface area contributed by atoms with Gasteiger partial charge in [0.15, 0.2) is 0 Å². The maximum atomic E-state index is 13.3. The van der Waals surface area contributed by atoms with Crippen LogP contribution >= 0.6 is 0 Å². The first kappa shape index (κ1) is 26.8. The molecule has 0 atom stereocenters. The third-order valence-electron chi connectivity index (χ3n) is 6.73. The number of aromatic nitrogens is 1. The predicted octanol–water partition coefficient (Wildman–Crippen LogP) is 4.74. The van der Waals surface area contributed by atoms with Gasteiger partial charge in [0.2, 0.25) is 0 Å². The van der Waals surface area contributed by atoms with Crippen LogP contribution < -0.4 is 15.4 Å². The zero-order chi connectivity index (χ0) is 27.7. The second-order valence-corrected chi connectivity index (χ2v) is 10.8. The van der Waals surface area contributed by atoms with Gasteiger partial charge in [-0.25, -0.2) is 0 Å². The fourth-order valence-corrected chi connectivity index (χ4v) is 4.09. The number of hydrogen-bond donors (Lipinski definition) is 3. The minimum absolute atomic E-state index is 0.223. The number of hydrogen-bond acceptors (Lipinski definition) is 6. The number of nitriles is 1. The van der Waals surface area contributed by atoms with E-state index in [0.29, 0.717) is 29.7 Å². The lowest BCUT2D eigenvalue weighted by Gasteiger charge is -2.22. The van der Waals surface area contributed by atoms with Gasteiger partial charge >= 0.3 is 0 Å². The molecule has 0 bridgehead atoms. The molecule has 8 heteroatoms. The molecule has 1 aromatic heterocycles. The molecular weight excluding hydrogens is 480 g/mol. The fraction of sp³-hybridized carbons (Fsp3) is 0.333. The van der Waals surface area contributed by atoms with Crippen LogP contribution in [0.2, 0.25) is 0 Å². The zero-order valence-electron chi connectivity index (χ0n) is 22.3. The molecule has 4 rings (SSSR count). The lowest BCUT2D eigenvalue weighted by Crippen LogP contribution is -2.33. The lowest BCUT2D eigenvalue weighted by atomic mass is 9.84. The summed E-state index contributed by atoms with van der Waals surface area (Å²) in [4.78, 5) is 30.2. The third-order valence-corrected chi connectivity index (χ3v) is 6.73. The largest absolute Gasteiger partial charge is 0.495 e. The summed E-state index contributed by atoms with van der Waals surface area (Å²) in [5.41, 5.74) is 3.76. The van der Waals surface area contributed by atoms with Crippen LogP contribution in [0, 0.1) is 18.3 Å². The molecule has 38 heavy (non-hydrogen) atoms. The first-order valence-corrected chi connectivity index (χ1v) is 12.5. The Morgan fingerprint density at radius 3 is 2.39 bits per heavy atom. The highest BCUT2D eigenvalue weighted by Crippen LogP contribution is 2.34. The Morgan fingerprint density at radius 2 is 1.82 bits per heavy atom. The molecule has 0 saturated heterocycles. The highest BCUT2D eigenvalue weighted by Gasteiger charge is 2.40. The van der Waals surface area contributed by atoms with Gasteiger partial charge in [0.05, 0.1) is 35.7 Å². The van der Waals surface area contributed by atoms with Crippen LogP contribution in [0.3, 0.4) is 0 Å². The lowest BCUT2D eigenvalue weighted by molar-refractivity contribution is 0.0896. The molecule has 1 fully saturated rings. The van der Waals surface area contributed by atoms with E-state index in [1.165, 1.54) is 7.11 Å². The number of nitrogens with zero attached hydrogens (tertiary/aromatic N) is 2. The van der Waals surface area contributed by atoms with Gasteiger partial charge in [0.1, 0.15) is 11.8 Å². The van der Waals surface area contributed by atoms with Gasteiger partial charge < -0.3 is 20.5 Å². The van der Waals surface area contributed by atoms with Gasteiger partial charge in [-0.15, -0.1) is 0 Å². The summed E-state index contributed by atoms with van der Waals surface area (Å²) < 4.78 is 5.43. The molecular formula is C30H32N4O4. The molecule has 1 aliphatic carbocycles. The Labute approximate surface area is 222 Å². The van der Waals surface area contributed by atoms with Crippen LogP contribution in [-0.4, -0.2) is 41.2 Å². The minimum atomic E-state index is -0.752. The molecule has 0 unspecified atom stereocenters. The van der Waals surface area contributed by atoms with Crippen molar-refractivity contribution in [3.8, 4) is 22.9 Å². The van der Waals surface area contributed by atoms with Crippen molar-refractivity contribution < 1.29 is 19.4 Å². The number of rotatable bonds is 7. The summed E-state index contributed by atoms with van der Waals surface area (Å²) >= 11 is 0. The van der Waals surface area contributed by atoms with Crippen LogP contribution in [0.5, 0.6) is 5.75 Å². The van der Waals surface area contributed by atoms with Gasteiger partial charge in [-0.3, -0.25) is 14.6 Å². The van der Waals surface area contributed by atoms with Crippen molar-refractivity contribution in [2.24, 2.45) is 0 Å². The minimum Gasteiger partial charge on any atom is -0.495 e. The monoisotopic (exact) mass is 512 g/mol. The normalized spacial score (nSPS) is 13.8. The molecule has 2 amide bonds. The molecule has 0 aliphatic heterocycles. The summed E-state index contributed by atoms with van der Waals surface area (Å²) in [6.45, 7) is 8.15. The van der Waals surface area contributed by atoms with Crippen molar-refractivity contribution in [2.75, 3.05) is 19.0 Å². The number of benzene rings is 2. The second kappa shape index (κ2) is 10.3. The molecule has 1 saturated carbocycles. The van der Waals surface area contributed by atoms with E-state index < -0.39 is 11.5 Å². The first-order chi connectivity index (χ1) is 17.9. The maximum absolute atomic E-state index is 13.3. The van der Waals surface area contributed by atoms with E-state index in [-0.39, 0.29) is 29.2 Å². The van der Waals surface area contributed by atoms with E-state index in [0.717, 1.165) is 22.4 Å². The molecule has 3 aromatic rings. The molecule has 196 valence electrons. The zero-order valence-corrected chi connectivity index (χ0v) is 22.3. The van der Waals surface area contributed by atoms with Crippen molar-refractivity contribution in [2.45, 2.75) is 51.6 Å². The average Bonchev–Trinajstić information content (AvgIpc) is 3.64. The highest BCUT2D eigenvalue weighted by atomic mass is 16.5. The number of nitrogens with one attached hydrogen (secondary N) is 2. The average molecular weight is 513 g/mol. The molecule has 1 aliphatic rings. The SMILES string of the molecule is COc1c(C#N)cc(C(C)(C)C)cc1C(=O)Nc1cnc(C)c(-c2ccc(C(=O)NCC3(O)CC3)cc2)c1. The number of carbonyl (C=O) groups excluding carboxylic acids is 2. The molecule has 8 nitrogen and oxygen atoms in total. The van der Waals surface area contributed by atoms with Crippen LogP contribution in [0.15, 0.2) is 48.7 Å². The topological polar surface area (TPSA) is 124 Å². The number of methoxy groups -OCH3 is 1. The Kier molecular flexibility index (Phi) is 7.25. The van der Waals surface area contributed by atoms with Gasteiger partial charge in [-0.1, -0.05) is 32.9 Å². The van der Waals surface area contributed by atoms with E-state index in [1.54, 1.807) is 30.5 Å². The maximum Gasteiger partial charge on any atom is 0.259 e. The Morgan fingerprint density at radius 1 is 1.13 bits per heavy atom. The number of amides is 2. The number of carbonyl (C=O) groups is 2. The van der Waals surface area contributed by atoms with Crippen molar-refractivity contribution in [1.29, 1.82) is 5.26 Å². The van der Waals surface area contributed by atoms with Gasteiger partial charge in [-0.05, 0) is 66.6 Å². The fourth-order valence-electron chi connectivity index (χ4n) is 4.09. The Balaban J connectivity index is 1.57. The van der Waals surface area contributed by atoms with Crippen LogP contribution in [0.4, 0.5) is 5.69 Å². The number of aryl methyl sites for hydroxylation is 1. The highest BCUT2D eigenvalue weighted by molar-refractivity contribution is 6.07. The Bertz CT molecular complexity index is 1430.